The quantitative estimate of drug-likeness (QED) is 0.180. The lowest BCUT2D eigenvalue weighted by molar-refractivity contribution is 0.477. The van der Waals surface area contributed by atoms with Crippen molar-refractivity contribution in [3.05, 3.63) is 188 Å². The molecule has 51 heavy (non-hydrogen) atoms. The predicted octanol–water partition coefficient (Wildman–Crippen LogP) is 13.8. The monoisotopic (exact) mass is 673 g/mol. The highest BCUT2D eigenvalue weighted by Gasteiger charge is 2.29. The molecule has 8 aromatic carbocycles. The lowest BCUT2D eigenvalue weighted by Crippen LogP contribution is -2.17. The molecule has 0 bridgehead atoms. The zero-order chi connectivity index (χ0) is 33.7. The van der Waals surface area contributed by atoms with Crippen molar-refractivity contribution in [3.63, 3.8) is 0 Å². The second-order valence-corrected chi connectivity index (χ2v) is 13.7. The van der Waals surface area contributed by atoms with Gasteiger partial charge >= 0.3 is 0 Å². The molecule has 0 aliphatic carbocycles. The van der Waals surface area contributed by atoms with E-state index in [1.54, 1.807) is 0 Å². The van der Waals surface area contributed by atoms with E-state index in [-0.39, 0.29) is 0 Å². The van der Waals surface area contributed by atoms with E-state index in [2.05, 4.69) is 191 Å². The van der Waals surface area contributed by atoms with Gasteiger partial charge in [-0.2, -0.15) is 0 Å². The minimum absolute atomic E-state index is 0.803. The third-order valence-corrected chi connectivity index (χ3v) is 10.7. The Morgan fingerprint density at radius 3 is 1.78 bits per heavy atom. The topological polar surface area (TPSA) is 19.0 Å². The van der Waals surface area contributed by atoms with Crippen molar-refractivity contribution in [3.8, 4) is 11.5 Å². The number of hydrogen-bond donors (Lipinski definition) is 0. The lowest BCUT2D eigenvalue weighted by Gasteiger charge is -2.35. The summed E-state index contributed by atoms with van der Waals surface area (Å²) in [5, 5.41) is 2.37. The van der Waals surface area contributed by atoms with Crippen molar-refractivity contribution >= 4 is 73.7 Å². The van der Waals surface area contributed by atoms with Gasteiger partial charge in [0.05, 0.1) is 34.1 Å². The lowest BCUT2D eigenvalue weighted by atomic mass is 10.1. The van der Waals surface area contributed by atoms with Gasteiger partial charge in [0.1, 0.15) is 0 Å². The molecule has 0 saturated heterocycles. The van der Waals surface area contributed by atoms with Gasteiger partial charge in [0.15, 0.2) is 11.5 Å². The van der Waals surface area contributed by atoms with Gasteiger partial charge in [-0.15, -0.1) is 0 Å². The number of benzene rings is 8. The molecule has 2 aliphatic rings. The summed E-state index contributed by atoms with van der Waals surface area (Å²) in [6, 6.07) is 66.6. The van der Waals surface area contributed by atoms with E-state index in [9.17, 15) is 0 Å². The van der Waals surface area contributed by atoms with Crippen LogP contribution in [0.4, 0.5) is 51.2 Å². The standard InChI is InChI=1S/C46H31N3OS/c1-3-16-33(17-4-1)48-39-21-9-11-24-43(39)50-44-30-35(26-28-40(44)48)47(38-23-13-15-32-14-7-8-20-37(32)38)36-27-29-42-46(31-36)51-45-25-12-10-22-41(45)49(42)34-18-5-2-6-19-34/h1-31H. The zero-order valence-electron chi connectivity index (χ0n) is 27.6. The smallest absolute Gasteiger partial charge is 0.153 e. The summed E-state index contributed by atoms with van der Waals surface area (Å²) in [5.41, 5.74) is 9.78. The number of nitrogens with zero attached hydrogens (tertiary/aromatic N) is 3. The van der Waals surface area contributed by atoms with Crippen molar-refractivity contribution in [2.75, 3.05) is 14.7 Å². The van der Waals surface area contributed by atoms with Crippen LogP contribution in [0.3, 0.4) is 0 Å². The average molecular weight is 674 g/mol. The molecule has 0 amide bonds. The molecule has 0 N–H and O–H groups in total. The van der Waals surface area contributed by atoms with Gasteiger partial charge in [-0.3, -0.25) is 0 Å². The Balaban J connectivity index is 1.16. The van der Waals surface area contributed by atoms with Crippen molar-refractivity contribution < 1.29 is 4.74 Å². The Labute approximate surface area is 301 Å². The molecule has 5 heteroatoms. The van der Waals surface area contributed by atoms with Crippen LogP contribution < -0.4 is 19.4 Å². The number of fused-ring (bicyclic) bond motifs is 5. The van der Waals surface area contributed by atoms with Crippen molar-refractivity contribution in [2.45, 2.75) is 9.79 Å². The van der Waals surface area contributed by atoms with Gasteiger partial charge in [-0.25, -0.2) is 0 Å². The maximum absolute atomic E-state index is 6.69. The first kappa shape index (κ1) is 29.5. The highest BCUT2D eigenvalue weighted by Crippen LogP contribution is 2.55. The van der Waals surface area contributed by atoms with Crippen LogP contribution in [0.2, 0.25) is 0 Å². The number of anilines is 9. The first-order chi connectivity index (χ1) is 25.3. The summed E-state index contributed by atoms with van der Waals surface area (Å²) in [6.07, 6.45) is 0. The fraction of sp³-hybridized carbons (Fsp3) is 0. The van der Waals surface area contributed by atoms with Crippen LogP contribution in [-0.4, -0.2) is 0 Å². The maximum atomic E-state index is 6.69. The van der Waals surface area contributed by atoms with E-state index in [1.807, 2.05) is 23.9 Å². The van der Waals surface area contributed by atoms with E-state index in [4.69, 9.17) is 4.74 Å². The van der Waals surface area contributed by atoms with E-state index in [1.165, 1.54) is 26.3 Å². The predicted molar refractivity (Wildman–Crippen MR) is 212 cm³/mol. The summed E-state index contributed by atoms with van der Waals surface area (Å²) >= 11 is 1.82. The largest absolute Gasteiger partial charge is 0.453 e. The molecule has 4 nitrogen and oxygen atoms in total. The SMILES string of the molecule is c1ccc(N2c3ccccc3Oc3cc(N(c4ccc5c(c4)Sc4ccccc4N5c4ccccc4)c4cccc5ccccc45)ccc32)cc1. The van der Waals surface area contributed by atoms with Crippen molar-refractivity contribution in [2.24, 2.45) is 0 Å². The van der Waals surface area contributed by atoms with Gasteiger partial charge < -0.3 is 19.4 Å². The molecule has 0 atom stereocenters. The summed E-state index contributed by atoms with van der Waals surface area (Å²) in [6.45, 7) is 0. The molecule has 0 fully saturated rings. The highest BCUT2D eigenvalue weighted by molar-refractivity contribution is 7.99. The maximum Gasteiger partial charge on any atom is 0.153 e. The molecule has 2 aliphatic heterocycles. The molecule has 2 heterocycles. The second-order valence-electron chi connectivity index (χ2n) is 12.6. The summed E-state index contributed by atoms with van der Waals surface area (Å²) in [7, 11) is 0. The summed E-state index contributed by atoms with van der Waals surface area (Å²) in [5.74, 6) is 1.63. The number of para-hydroxylation sites is 5. The zero-order valence-corrected chi connectivity index (χ0v) is 28.4. The van der Waals surface area contributed by atoms with Crippen molar-refractivity contribution in [1.82, 2.24) is 0 Å². The number of rotatable bonds is 5. The molecule has 0 aromatic heterocycles. The Morgan fingerprint density at radius 1 is 0.412 bits per heavy atom. The first-order valence-electron chi connectivity index (χ1n) is 17.1. The number of hydrogen-bond acceptors (Lipinski definition) is 5. The molecular formula is C46H31N3OS. The molecule has 8 aromatic rings. The van der Waals surface area contributed by atoms with E-state index >= 15 is 0 Å². The Kier molecular flexibility index (Phi) is 7.03. The highest BCUT2D eigenvalue weighted by atomic mass is 32.2. The second kappa shape index (κ2) is 12.2. The molecular weight excluding hydrogens is 643 g/mol. The first-order valence-corrected chi connectivity index (χ1v) is 17.9. The molecule has 10 rings (SSSR count). The molecule has 242 valence electrons. The molecule has 0 radical (unpaired) electrons. The van der Waals surface area contributed by atoms with Crippen molar-refractivity contribution in [1.29, 1.82) is 0 Å². The van der Waals surface area contributed by atoms with E-state index in [0.29, 0.717) is 0 Å². The van der Waals surface area contributed by atoms with Crippen LogP contribution in [0.15, 0.2) is 198 Å². The molecule has 0 saturated carbocycles. The minimum atomic E-state index is 0.803. The fourth-order valence-corrected chi connectivity index (χ4v) is 8.40. The molecule has 0 unspecified atom stereocenters. The van der Waals surface area contributed by atoms with Crippen LogP contribution >= 0.6 is 11.8 Å². The van der Waals surface area contributed by atoms with Gasteiger partial charge in [-0.1, -0.05) is 109 Å². The van der Waals surface area contributed by atoms with E-state index < -0.39 is 0 Å². The van der Waals surface area contributed by atoms with Gasteiger partial charge in [0.2, 0.25) is 0 Å². The van der Waals surface area contributed by atoms with Crippen LogP contribution in [0.25, 0.3) is 10.8 Å². The number of ether oxygens (including phenoxy) is 1. The van der Waals surface area contributed by atoms with Gasteiger partial charge in [0.25, 0.3) is 0 Å². The van der Waals surface area contributed by atoms with E-state index in [0.717, 1.165) is 57.0 Å². The van der Waals surface area contributed by atoms with Gasteiger partial charge in [0, 0.05) is 38.3 Å². The normalized spacial score (nSPS) is 12.7. The van der Waals surface area contributed by atoms with Crippen LogP contribution in [0, 0.1) is 0 Å². The van der Waals surface area contributed by atoms with Crippen LogP contribution in [0.5, 0.6) is 11.5 Å². The van der Waals surface area contributed by atoms with Crippen LogP contribution in [0.1, 0.15) is 0 Å². The van der Waals surface area contributed by atoms with Gasteiger partial charge in [-0.05, 0) is 90.3 Å². The minimum Gasteiger partial charge on any atom is -0.453 e. The fourth-order valence-electron chi connectivity index (χ4n) is 7.31. The Hall–Kier alpha value is -6.43. The van der Waals surface area contributed by atoms with Crippen LogP contribution in [-0.2, 0) is 0 Å². The summed E-state index contributed by atoms with van der Waals surface area (Å²) in [4.78, 5) is 9.44. The molecule has 0 spiro atoms. The third-order valence-electron chi connectivity index (χ3n) is 9.57. The average Bonchev–Trinajstić information content (AvgIpc) is 3.20. The third kappa shape index (κ3) is 5.01. The Morgan fingerprint density at radius 2 is 0.980 bits per heavy atom. The summed E-state index contributed by atoms with van der Waals surface area (Å²) < 4.78 is 6.69. The Bertz CT molecular complexity index is 2430.